The third-order valence-corrected chi connectivity index (χ3v) is 4.56. The normalized spacial score (nSPS) is 11.9. The first-order valence-corrected chi connectivity index (χ1v) is 9.10. The number of carbonyl (C=O) groups excluding carboxylic acids is 1. The molecule has 0 amide bonds. The molecule has 0 radical (unpaired) electrons. The van der Waals surface area contributed by atoms with E-state index in [1.54, 1.807) is 12.1 Å². The summed E-state index contributed by atoms with van der Waals surface area (Å²) in [6.45, 7) is 8.30. The fourth-order valence-corrected chi connectivity index (χ4v) is 3.25. The van der Waals surface area contributed by atoms with E-state index in [9.17, 15) is 4.79 Å². The smallest absolute Gasteiger partial charge is 0.338 e. The minimum Gasteiger partial charge on any atom is -0.465 e. The number of hydrogen-bond donors (Lipinski definition) is 2. The zero-order valence-electron chi connectivity index (χ0n) is 16.6. The average molecular weight is 377 g/mol. The maximum Gasteiger partial charge on any atom is 0.338 e. The molecule has 4 rings (SSSR count). The van der Waals surface area contributed by atoms with Gasteiger partial charge in [-0.05, 0) is 52.0 Å². The second kappa shape index (κ2) is 6.37. The molecule has 7 nitrogen and oxygen atoms in total. The summed E-state index contributed by atoms with van der Waals surface area (Å²) in [4.78, 5) is 16.7. The molecule has 0 spiro atoms. The number of imidazole rings is 1. The Kier molecular flexibility index (Phi) is 4.10. The summed E-state index contributed by atoms with van der Waals surface area (Å²) in [7, 11) is 1.37. The van der Waals surface area contributed by atoms with E-state index in [0.717, 1.165) is 33.7 Å². The van der Waals surface area contributed by atoms with Crippen molar-refractivity contribution >= 4 is 28.3 Å². The Labute approximate surface area is 162 Å². The Hall–Kier alpha value is -3.35. The summed E-state index contributed by atoms with van der Waals surface area (Å²) in [5.74, 6) is 0.493. The lowest BCUT2D eigenvalue weighted by Gasteiger charge is -2.22. The lowest BCUT2D eigenvalue weighted by atomic mass is 10.1. The van der Waals surface area contributed by atoms with Crippen LogP contribution in [-0.2, 0) is 4.74 Å². The number of ether oxygens (including phenoxy) is 1. The highest BCUT2D eigenvalue weighted by molar-refractivity contribution is 5.92. The van der Waals surface area contributed by atoms with Crippen LogP contribution >= 0.6 is 0 Å². The average Bonchev–Trinajstić information content (AvgIpc) is 3.20. The fourth-order valence-electron chi connectivity index (χ4n) is 3.25. The third kappa shape index (κ3) is 3.09. The van der Waals surface area contributed by atoms with Gasteiger partial charge in [-0.1, -0.05) is 6.07 Å². The molecule has 28 heavy (non-hydrogen) atoms. The molecule has 4 aromatic rings. The highest BCUT2D eigenvalue weighted by Crippen LogP contribution is 2.33. The number of nitrogens with zero attached hydrogens (tertiary/aromatic N) is 3. The molecule has 0 saturated heterocycles. The summed E-state index contributed by atoms with van der Waals surface area (Å²) in [5.41, 5.74) is 4.71. The van der Waals surface area contributed by atoms with Crippen molar-refractivity contribution in [1.82, 2.24) is 19.6 Å². The number of benzene rings is 1. The van der Waals surface area contributed by atoms with Crippen LogP contribution in [0.1, 0.15) is 36.8 Å². The van der Waals surface area contributed by atoms with Crippen LogP contribution in [-0.4, -0.2) is 38.2 Å². The van der Waals surface area contributed by atoms with E-state index in [2.05, 4.69) is 42.4 Å². The predicted octanol–water partition coefficient (Wildman–Crippen LogP) is 4.18. The third-order valence-electron chi connectivity index (χ3n) is 4.56. The van der Waals surface area contributed by atoms with Crippen molar-refractivity contribution in [1.29, 1.82) is 0 Å². The monoisotopic (exact) mass is 377 g/mol. The maximum absolute atomic E-state index is 11.9. The molecule has 0 fully saturated rings. The molecule has 0 aliphatic carbocycles. The van der Waals surface area contributed by atoms with Crippen LogP contribution in [0.3, 0.4) is 0 Å². The standard InChI is InChI=1S/C21H23N5O2/c1-12-15-10-13(6-7-16(15)25-24-12)18-19(23-21(2,3)4)26-9-8-14(20(27)28-5)11-17(26)22-18/h6-11,23H,1-5H3,(H,24,25). The summed E-state index contributed by atoms with van der Waals surface area (Å²) >= 11 is 0. The summed E-state index contributed by atoms with van der Waals surface area (Å²) < 4.78 is 6.80. The van der Waals surface area contributed by atoms with E-state index >= 15 is 0 Å². The van der Waals surface area contributed by atoms with Crippen molar-refractivity contribution in [2.75, 3.05) is 12.4 Å². The van der Waals surface area contributed by atoms with E-state index in [0.29, 0.717) is 11.2 Å². The number of H-pyrrole nitrogens is 1. The zero-order valence-corrected chi connectivity index (χ0v) is 16.6. The van der Waals surface area contributed by atoms with Gasteiger partial charge in [0, 0.05) is 28.4 Å². The van der Waals surface area contributed by atoms with Gasteiger partial charge < -0.3 is 10.1 Å². The number of aromatic nitrogens is 4. The van der Waals surface area contributed by atoms with Gasteiger partial charge in [0.05, 0.1) is 18.2 Å². The van der Waals surface area contributed by atoms with Crippen LogP contribution in [0.15, 0.2) is 36.5 Å². The number of anilines is 1. The van der Waals surface area contributed by atoms with E-state index in [1.807, 2.05) is 29.7 Å². The van der Waals surface area contributed by atoms with E-state index < -0.39 is 0 Å². The summed E-state index contributed by atoms with van der Waals surface area (Å²) in [5, 5.41) is 11.9. The van der Waals surface area contributed by atoms with Crippen LogP contribution in [0.5, 0.6) is 0 Å². The second-order valence-corrected chi connectivity index (χ2v) is 7.90. The number of esters is 1. The van der Waals surface area contributed by atoms with Gasteiger partial charge in [0.25, 0.3) is 0 Å². The number of rotatable bonds is 3. The van der Waals surface area contributed by atoms with Gasteiger partial charge in [0.15, 0.2) is 0 Å². The molecule has 0 aliphatic heterocycles. The first-order chi connectivity index (χ1) is 13.3. The number of fused-ring (bicyclic) bond motifs is 2. The minimum absolute atomic E-state index is 0.165. The van der Waals surface area contributed by atoms with E-state index in [4.69, 9.17) is 9.72 Å². The first-order valence-electron chi connectivity index (χ1n) is 9.10. The molecule has 0 aliphatic rings. The van der Waals surface area contributed by atoms with Crippen molar-refractivity contribution in [2.24, 2.45) is 0 Å². The molecule has 0 saturated carbocycles. The van der Waals surface area contributed by atoms with Crippen LogP contribution in [0.2, 0.25) is 0 Å². The summed E-state index contributed by atoms with van der Waals surface area (Å²) in [6.07, 6.45) is 1.84. The molecular formula is C21H23N5O2. The molecule has 3 heterocycles. The molecule has 2 N–H and O–H groups in total. The second-order valence-electron chi connectivity index (χ2n) is 7.90. The van der Waals surface area contributed by atoms with Gasteiger partial charge in [-0.15, -0.1) is 0 Å². The van der Waals surface area contributed by atoms with Crippen molar-refractivity contribution in [3.8, 4) is 11.3 Å². The van der Waals surface area contributed by atoms with Crippen LogP contribution < -0.4 is 5.32 Å². The lowest BCUT2D eigenvalue weighted by Crippen LogP contribution is -2.27. The highest BCUT2D eigenvalue weighted by atomic mass is 16.5. The summed E-state index contributed by atoms with van der Waals surface area (Å²) in [6, 6.07) is 9.57. The Bertz CT molecular complexity index is 1200. The van der Waals surface area contributed by atoms with E-state index in [-0.39, 0.29) is 11.5 Å². The number of aryl methyl sites for hydroxylation is 1. The molecule has 1 aromatic carbocycles. The van der Waals surface area contributed by atoms with Crippen LogP contribution in [0, 0.1) is 6.92 Å². The zero-order chi connectivity index (χ0) is 20.1. The van der Waals surface area contributed by atoms with Gasteiger partial charge in [-0.25, -0.2) is 9.78 Å². The van der Waals surface area contributed by atoms with Crippen molar-refractivity contribution in [3.05, 3.63) is 47.8 Å². The number of pyridine rings is 1. The quantitative estimate of drug-likeness (QED) is 0.523. The molecule has 0 unspecified atom stereocenters. The Balaban J connectivity index is 1.94. The van der Waals surface area contributed by atoms with Gasteiger partial charge in [0.1, 0.15) is 17.2 Å². The minimum atomic E-state index is -0.382. The molecule has 7 heteroatoms. The van der Waals surface area contributed by atoms with E-state index in [1.165, 1.54) is 7.11 Å². The molecule has 144 valence electrons. The number of methoxy groups -OCH3 is 1. The number of carbonyl (C=O) groups is 1. The Morgan fingerprint density at radius 1 is 1.21 bits per heavy atom. The molecule has 0 bridgehead atoms. The van der Waals surface area contributed by atoms with Gasteiger partial charge in [-0.3, -0.25) is 9.50 Å². The Morgan fingerprint density at radius 2 is 2.00 bits per heavy atom. The topological polar surface area (TPSA) is 84.3 Å². The molecule has 3 aromatic heterocycles. The highest BCUT2D eigenvalue weighted by Gasteiger charge is 2.21. The number of nitrogens with one attached hydrogen (secondary N) is 2. The largest absolute Gasteiger partial charge is 0.465 e. The molecule has 0 atom stereocenters. The van der Waals surface area contributed by atoms with Crippen molar-refractivity contribution in [2.45, 2.75) is 33.2 Å². The molecular weight excluding hydrogens is 354 g/mol. The van der Waals surface area contributed by atoms with Gasteiger partial charge in [-0.2, -0.15) is 5.10 Å². The van der Waals surface area contributed by atoms with Gasteiger partial charge in [0.2, 0.25) is 0 Å². The first kappa shape index (κ1) is 18.0. The fraction of sp³-hybridized carbons (Fsp3) is 0.286. The predicted molar refractivity (Wildman–Crippen MR) is 110 cm³/mol. The number of hydrogen-bond acceptors (Lipinski definition) is 5. The van der Waals surface area contributed by atoms with Gasteiger partial charge >= 0.3 is 5.97 Å². The van der Waals surface area contributed by atoms with Crippen LogP contribution in [0.4, 0.5) is 5.82 Å². The maximum atomic E-state index is 11.9. The Morgan fingerprint density at radius 3 is 2.71 bits per heavy atom. The van der Waals surface area contributed by atoms with Crippen molar-refractivity contribution < 1.29 is 9.53 Å². The SMILES string of the molecule is COC(=O)c1ccn2c(NC(C)(C)C)c(-c3ccc4n[nH]c(C)c4c3)nc2c1. The number of aromatic amines is 1. The van der Waals surface area contributed by atoms with Crippen molar-refractivity contribution in [3.63, 3.8) is 0 Å². The van der Waals surface area contributed by atoms with Crippen LogP contribution in [0.25, 0.3) is 27.8 Å². The lowest BCUT2D eigenvalue weighted by molar-refractivity contribution is 0.0600.